The molecule has 0 bridgehead atoms. The highest BCUT2D eigenvalue weighted by molar-refractivity contribution is 7.89. The summed E-state index contributed by atoms with van der Waals surface area (Å²) >= 11 is 0. The Morgan fingerprint density at radius 2 is 2.00 bits per heavy atom. The minimum absolute atomic E-state index is 0.0619. The van der Waals surface area contributed by atoms with Crippen LogP contribution in [0.15, 0.2) is 23.1 Å². The van der Waals surface area contributed by atoms with Gasteiger partial charge in [-0.25, -0.2) is 13.1 Å². The van der Waals surface area contributed by atoms with Crippen molar-refractivity contribution < 1.29 is 22.7 Å². The van der Waals surface area contributed by atoms with Crippen LogP contribution < -0.4 is 14.8 Å². The van der Waals surface area contributed by atoms with Crippen LogP contribution in [-0.4, -0.2) is 40.7 Å². The van der Waals surface area contributed by atoms with E-state index >= 15 is 0 Å². The average Bonchev–Trinajstić information content (AvgIpc) is 2.45. The van der Waals surface area contributed by atoms with E-state index in [-0.39, 0.29) is 23.5 Å². The van der Waals surface area contributed by atoms with Gasteiger partial charge in [-0.05, 0) is 38.5 Å². The zero-order chi connectivity index (χ0) is 17.5. The Labute approximate surface area is 137 Å². The van der Waals surface area contributed by atoms with Gasteiger partial charge in [-0.15, -0.1) is 0 Å². The maximum atomic E-state index is 12.3. The standard InChI is InChI=1S/C15H24N2O5S/c1-11(2)22-9-5-8-16-23(19,20)13-6-7-15(21-4)14(10-13)17-12(3)18/h6-7,10-11,16H,5,8-9H2,1-4H3,(H,17,18). The quantitative estimate of drug-likeness (QED) is 0.666. The fraction of sp³-hybridized carbons (Fsp3) is 0.533. The molecular formula is C15H24N2O5S. The summed E-state index contributed by atoms with van der Waals surface area (Å²) in [7, 11) is -2.21. The van der Waals surface area contributed by atoms with Gasteiger partial charge < -0.3 is 14.8 Å². The summed E-state index contributed by atoms with van der Waals surface area (Å²) < 4.78 is 37.5. The second-order valence-corrected chi connectivity index (χ2v) is 6.98. The maximum Gasteiger partial charge on any atom is 0.240 e. The summed E-state index contributed by atoms with van der Waals surface area (Å²) in [6.45, 7) is 5.94. The molecule has 0 fully saturated rings. The monoisotopic (exact) mass is 344 g/mol. The summed E-state index contributed by atoms with van der Waals surface area (Å²) in [4.78, 5) is 11.3. The first-order valence-corrected chi connectivity index (χ1v) is 8.81. The van der Waals surface area contributed by atoms with E-state index in [0.717, 1.165) is 0 Å². The summed E-state index contributed by atoms with van der Waals surface area (Å²) in [5.41, 5.74) is 0.311. The highest BCUT2D eigenvalue weighted by atomic mass is 32.2. The Morgan fingerprint density at radius 3 is 2.57 bits per heavy atom. The lowest BCUT2D eigenvalue weighted by molar-refractivity contribution is -0.114. The first-order valence-electron chi connectivity index (χ1n) is 7.33. The SMILES string of the molecule is COc1ccc(S(=O)(=O)NCCCOC(C)C)cc1NC(C)=O. The molecule has 0 unspecified atom stereocenters. The molecule has 0 heterocycles. The van der Waals surface area contributed by atoms with Crippen LogP contribution in [0.1, 0.15) is 27.2 Å². The fourth-order valence-corrected chi connectivity index (χ4v) is 2.92. The topological polar surface area (TPSA) is 93.7 Å². The lowest BCUT2D eigenvalue weighted by Crippen LogP contribution is -2.26. The van der Waals surface area contributed by atoms with Crippen molar-refractivity contribution in [1.82, 2.24) is 4.72 Å². The highest BCUT2D eigenvalue weighted by Crippen LogP contribution is 2.27. The van der Waals surface area contributed by atoms with E-state index < -0.39 is 10.0 Å². The molecule has 1 amide bonds. The number of hydrogen-bond acceptors (Lipinski definition) is 5. The Balaban J connectivity index is 2.77. The van der Waals surface area contributed by atoms with E-state index in [4.69, 9.17) is 9.47 Å². The Hall–Kier alpha value is -1.64. The molecule has 0 aliphatic rings. The maximum absolute atomic E-state index is 12.3. The number of sulfonamides is 1. The van der Waals surface area contributed by atoms with Crippen LogP contribution in [-0.2, 0) is 19.6 Å². The van der Waals surface area contributed by atoms with Gasteiger partial charge in [-0.2, -0.15) is 0 Å². The summed E-state index contributed by atoms with van der Waals surface area (Å²) in [6, 6.07) is 4.30. The molecule has 1 rings (SSSR count). The Kier molecular flexibility index (Phi) is 7.47. The lowest BCUT2D eigenvalue weighted by Gasteiger charge is -2.12. The summed E-state index contributed by atoms with van der Waals surface area (Å²) in [5, 5.41) is 2.55. The van der Waals surface area contributed by atoms with Gasteiger partial charge in [0, 0.05) is 20.1 Å². The molecule has 8 heteroatoms. The van der Waals surface area contributed by atoms with Gasteiger partial charge in [0.1, 0.15) is 5.75 Å². The predicted octanol–water partition coefficient (Wildman–Crippen LogP) is 1.75. The van der Waals surface area contributed by atoms with Crippen molar-refractivity contribution in [3.63, 3.8) is 0 Å². The number of methoxy groups -OCH3 is 1. The molecular weight excluding hydrogens is 320 g/mol. The van der Waals surface area contributed by atoms with Gasteiger partial charge in [0.25, 0.3) is 0 Å². The van der Waals surface area contributed by atoms with E-state index in [1.807, 2.05) is 13.8 Å². The Morgan fingerprint density at radius 1 is 1.30 bits per heavy atom. The first-order chi connectivity index (χ1) is 10.8. The van der Waals surface area contributed by atoms with Gasteiger partial charge in [0.05, 0.1) is 23.8 Å². The first kappa shape index (κ1) is 19.4. The molecule has 0 spiro atoms. The van der Waals surface area contributed by atoms with Crippen molar-refractivity contribution in [3.8, 4) is 5.75 Å². The van der Waals surface area contributed by atoms with Gasteiger partial charge in [-0.1, -0.05) is 0 Å². The van der Waals surface area contributed by atoms with E-state index in [0.29, 0.717) is 24.5 Å². The molecule has 0 aliphatic heterocycles. The van der Waals surface area contributed by atoms with Crippen molar-refractivity contribution in [2.45, 2.75) is 38.2 Å². The number of amides is 1. The predicted molar refractivity (Wildman–Crippen MR) is 88.2 cm³/mol. The largest absolute Gasteiger partial charge is 0.495 e. The molecule has 1 aromatic rings. The van der Waals surface area contributed by atoms with Crippen molar-refractivity contribution in [2.75, 3.05) is 25.6 Å². The fourth-order valence-electron chi connectivity index (χ4n) is 1.82. The van der Waals surface area contributed by atoms with Gasteiger partial charge in [0.15, 0.2) is 0 Å². The number of carbonyl (C=O) groups is 1. The molecule has 0 saturated heterocycles. The minimum atomic E-state index is -3.66. The molecule has 23 heavy (non-hydrogen) atoms. The van der Waals surface area contributed by atoms with Gasteiger partial charge >= 0.3 is 0 Å². The molecule has 0 radical (unpaired) electrons. The average molecular weight is 344 g/mol. The van der Waals surface area contributed by atoms with E-state index in [1.54, 1.807) is 0 Å². The number of anilines is 1. The van der Waals surface area contributed by atoms with Crippen LogP contribution in [0.5, 0.6) is 5.75 Å². The third-order valence-corrected chi connectivity index (χ3v) is 4.32. The van der Waals surface area contributed by atoms with Crippen molar-refractivity contribution in [2.24, 2.45) is 0 Å². The molecule has 0 aliphatic carbocycles. The minimum Gasteiger partial charge on any atom is -0.495 e. The number of hydrogen-bond donors (Lipinski definition) is 2. The molecule has 2 N–H and O–H groups in total. The van der Waals surface area contributed by atoms with Crippen molar-refractivity contribution >= 4 is 21.6 Å². The van der Waals surface area contributed by atoms with Crippen molar-refractivity contribution in [1.29, 1.82) is 0 Å². The number of rotatable bonds is 9. The third kappa shape index (κ3) is 6.55. The summed E-state index contributed by atoms with van der Waals surface area (Å²) in [5.74, 6) is 0.0844. The van der Waals surface area contributed by atoms with E-state index in [2.05, 4.69) is 10.0 Å². The molecule has 1 aromatic carbocycles. The van der Waals surface area contributed by atoms with Crippen LogP contribution >= 0.6 is 0 Å². The zero-order valence-corrected chi connectivity index (χ0v) is 14.7. The lowest BCUT2D eigenvalue weighted by atomic mass is 10.3. The van der Waals surface area contributed by atoms with Crippen LogP contribution in [0.3, 0.4) is 0 Å². The smallest absolute Gasteiger partial charge is 0.240 e. The Bertz CT molecular complexity index is 629. The number of nitrogens with one attached hydrogen (secondary N) is 2. The molecule has 0 atom stereocenters. The van der Waals surface area contributed by atoms with Gasteiger partial charge in [-0.3, -0.25) is 4.79 Å². The van der Waals surface area contributed by atoms with Crippen LogP contribution in [0.25, 0.3) is 0 Å². The number of ether oxygens (including phenoxy) is 2. The molecule has 0 saturated carbocycles. The summed E-state index contributed by atoms with van der Waals surface area (Å²) in [6.07, 6.45) is 0.694. The second-order valence-electron chi connectivity index (χ2n) is 5.21. The zero-order valence-electron chi connectivity index (χ0n) is 13.9. The van der Waals surface area contributed by atoms with Crippen LogP contribution in [0, 0.1) is 0 Å². The third-order valence-electron chi connectivity index (χ3n) is 2.86. The van der Waals surface area contributed by atoms with E-state index in [1.165, 1.54) is 32.2 Å². The van der Waals surface area contributed by atoms with Crippen LogP contribution in [0.2, 0.25) is 0 Å². The van der Waals surface area contributed by atoms with E-state index in [9.17, 15) is 13.2 Å². The molecule has 7 nitrogen and oxygen atoms in total. The molecule has 0 aromatic heterocycles. The van der Waals surface area contributed by atoms with Crippen LogP contribution in [0.4, 0.5) is 5.69 Å². The second kappa shape index (κ2) is 8.85. The highest BCUT2D eigenvalue weighted by Gasteiger charge is 2.16. The van der Waals surface area contributed by atoms with Crippen molar-refractivity contribution in [3.05, 3.63) is 18.2 Å². The normalized spacial score (nSPS) is 11.5. The molecule has 130 valence electrons. The van der Waals surface area contributed by atoms with Gasteiger partial charge in [0.2, 0.25) is 15.9 Å². The number of benzene rings is 1. The number of carbonyl (C=O) groups excluding carboxylic acids is 1.